The van der Waals surface area contributed by atoms with Gasteiger partial charge in [0.1, 0.15) is 10.6 Å². The van der Waals surface area contributed by atoms with Crippen molar-refractivity contribution in [3.63, 3.8) is 0 Å². The van der Waals surface area contributed by atoms with Crippen LogP contribution in [0, 0.1) is 0 Å². The van der Waals surface area contributed by atoms with Gasteiger partial charge in [-0.1, -0.05) is 0 Å². The number of aryl methyl sites for hydroxylation is 2. The van der Waals surface area contributed by atoms with E-state index in [0.717, 1.165) is 48.0 Å². The fourth-order valence-electron chi connectivity index (χ4n) is 3.63. The molecule has 0 aromatic carbocycles. The Morgan fingerprint density at radius 2 is 2.07 bits per heavy atom. The highest BCUT2D eigenvalue weighted by Gasteiger charge is 2.21. The minimum atomic E-state index is 0.732. The zero-order chi connectivity index (χ0) is 18.1. The van der Waals surface area contributed by atoms with E-state index in [4.69, 9.17) is 9.97 Å². The van der Waals surface area contributed by atoms with E-state index in [-0.39, 0.29) is 0 Å². The summed E-state index contributed by atoms with van der Waals surface area (Å²) in [5.41, 5.74) is 2.39. The molecule has 0 saturated heterocycles. The van der Waals surface area contributed by atoms with Crippen molar-refractivity contribution in [3.05, 3.63) is 53.4 Å². The number of fused-ring (bicyclic) bond motifs is 3. The van der Waals surface area contributed by atoms with Crippen molar-refractivity contribution < 1.29 is 0 Å². The molecule has 0 atom stereocenters. The molecular formula is C20H20N6S. The molecule has 27 heavy (non-hydrogen) atoms. The topological polar surface area (TPSA) is 68.5 Å². The van der Waals surface area contributed by atoms with Crippen LogP contribution in [0.4, 0.5) is 5.82 Å². The first kappa shape index (κ1) is 16.4. The molecule has 0 aliphatic heterocycles. The molecule has 0 unspecified atom stereocenters. The van der Waals surface area contributed by atoms with Crippen LogP contribution in [-0.4, -0.2) is 31.3 Å². The van der Waals surface area contributed by atoms with Gasteiger partial charge in [0.05, 0.1) is 11.9 Å². The van der Waals surface area contributed by atoms with Crippen LogP contribution in [0.2, 0.25) is 0 Å². The van der Waals surface area contributed by atoms with Gasteiger partial charge in [-0.3, -0.25) is 9.67 Å². The molecule has 1 aliphatic carbocycles. The van der Waals surface area contributed by atoms with Gasteiger partial charge in [-0.15, -0.1) is 11.3 Å². The van der Waals surface area contributed by atoms with Crippen molar-refractivity contribution in [2.24, 2.45) is 0 Å². The van der Waals surface area contributed by atoms with Crippen LogP contribution in [0.25, 0.3) is 21.6 Å². The Morgan fingerprint density at radius 3 is 2.93 bits per heavy atom. The van der Waals surface area contributed by atoms with E-state index >= 15 is 0 Å². The summed E-state index contributed by atoms with van der Waals surface area (Å²) in [6, 6.07) is 5.88. The van der Waals surface area contributed by atoms with Crippen LogP contribution >= 0.6 is 11.3 Å². The monoisotopic (exact) mass is 376 g/mol. The van der Waals surface area contributed by atoms with Gasteiger partial charge >= 0.3 is 0 Å². The molecule has 4 aromatic rings. The van der Waals surface area contributed by atoms with Crippen molar-refractivity contribution in [1.29, 1.82) is 0 Å². The second kappa shape index (κ2) is 7.08. The van der Waals surface area contributed by atoms with Gasteiger partial charge in [-0.25, -0.2) is 9.97 Å². The number of rotatable bonds is 5. The molecule has 136 valence electrons. The number of hydrogen-bond acceptors (Lipinski definition) is 6. The van der Waals surface area contributed by atoms with E-state index in [2.05, 4.69) is 15.4 Å². The third kappa shape index (κ3) is 3.19. The Hall–Kier alpha value is -2.80. The minimum Gasteiger partial charge on any atom is -0.368 e. The highest BCUT2D eigenvalue weighted by Crippen LogP contribution is 2.39. The lowest BCUT2D eigenvalue weighted by Crippen LogP contribution is -2.13. The van der Waals surface area contributed by atoms with Crippen molar-refractivity contribution in [3.8, 4) is 11.4 Å². The van der Waals surface area contributed by atoms with Crippen molar-refractivity contribution in [2.75, 3.05) is 11.9 Å². The molecule has 0 radical (unpaired) electrons. The lowest BCUT2D eigenvalue weighted by atomic mass is 9.97. The number of pyridine rings is 1. The van der Waals surface area contributed by atoms with Gasteiger partial charge in [0.15, 0.2) is 5.82 Å². The maximum absolute atomic E-state index is 4.89. The summed E-state index contributed by atoms with van der Waals surface area (Å²) >= 11 is 1.82. The quantitative estimate of drug-likeness (QED) is 0.571. The Bertz CT molecular complexity index is 1060. The second-order valence-electron chi connectivity index (χ2n) is 6.72. The first-order valence-electron chi connectivity index (χ1n) is 9.32. The summed E-state index contributed by atoms with van der Waals surface area (Å²) in [5.74, 6) is 1.67. The summed E-state index contributed by atoms with van der Waals surface area (Å²) in [4.78, 5) is 16.5. The minimum absolute atomic E-state index is 0.732. The van der Waals surface area contributed by atoms with Gasteiger partial charge in [0, 0.05) is 41.8 Å². The van der Waals surface area contributed by atoms with Gasteiger partial charge < -0.3 is 5.32 Å². The molecule has 4 heterocycles. The first-order valence-corrected chi connectivity index (χ1v) is 10.1. The van der Waals surface area contributed by atoms with Gasteiger partial charge in [-0.2, -0.15) is 5.10 Å². The van der Waals surface area contributed by atoms with E-state index in [1.54, 1.807) is 12.4 Å². The zero-order valence-corrected chi connectivity index (χ0v) is 15.7. The molecule has 0 bridgehead atoms. The molecule has 0 amide bonds. The summed E-state index contributed by atoms with van der Waals surface area (Å²) < 4.78 is 1.93. The largest absolute Gasteiger partial charge is 0.368 e. The van der Waals surface area contributed by atoms with Crippen molar-refractivity contribution in [2.45, 2.75) is 32.2 Å². The molecule has 4 aromatic heterocycles. The molecule has 6 nitrogen and oxygen atoms in total. The van der Waals surface area contributed by atoms with Crippen LogP contribution in [0.5, 0.6) is 0 Å². The fourth-order valence-corrected chi connectivity index (χ4v) is 4.89. The maximum Gasteiger partial charge on any atom is 0.164 e. The van der Waals surface area contributed by atoms with E-state index in [0.29, 0.717) is 0 Å². The molecule has 0 fully saturated rings. The van der Waals surface area contributed by atoms with Crippen LogP contribution in [0.1, 0.15) is 23.3 Å². The average molecular weight is 376 g/mol. The lowest BCUT2D eigenvalue weighted by molar-refractivity contribution is 0.637. The normalized spacial score (nSPS) is 13.6. The van der Waals surface area contributed by atoms with Crippen molar-refractivity contribution in [1.82, 2.24) is 24.7 Å². The van der Waals surface area contributed by atoms with E-state index in [1.807, 2.05) is 46.6 Å². The number of hydrogen-bond donors (Lipinski definition) is 1. The third-order valence-electron chi connectivity index (χ3n) is 4.93. The molecule has 7 heteroatoms. The number of aromatic nitrogens is 5. The molecule has 1 aliphatic rings. The standard InChI is InChI=1S/C20H20N6S/c1-2-7-16-15(6-1)17-19(22-10-12-26-11-4-9-23-26)24-18(25-20(17)27-16)14-5-3-8-21-13-14/h3-5,8-9,11,13H,1-2,6-7,10,12H2,(H,22,24,25). The first-order chi connectivity index (χ1) is 13.4. The summed E-state index contributed by atoms with van der Waals surface area (Å²) in [6.45, 7) is 1.57. The van der Waals surface area contributed by atoms with Crippen molar-refractivity contribution >= 4 is 27.4 Å². The zero-order valence-electron chi connectivity index (χ0n) is 14.9. The van der Waals surface area contributed by atoms with Crippen LogP contribution in [-0.2, 0) is 19.4 Å². The number of nitrogens with one attached hydrogen (secondary N) is 1. The summed E-state index contributed by atoms with van der Waals surface area (Å²) in [5, 5.41) is 9.03. The number of thiophene rings is 1. The fraction of sp³-hybridized carbons (Fsp3) is 0.300. The predicted octanol–water partition coefficient (Wildman–Crippen LogP) is 3.94. The smallest absolute Gasteiger partial charge is 0.164 e. The third-order valence-corrected chi connectivity index (χ3v) is 6.11. The van der Waals surface area contributed by atoms with Gasteiger partial charge in [-0.05, 0) is 49.4 Å². The Labute approximate surface area is 161 Å². The number of anilines is 1. The maximum atomic E-state index is 4.89. The predicted molar refractivity (Wildman–Crippen MR) is 108 cm³/mol. The second-order valence-corrected chi connectivity index (χ2v) is 7.81. The lowest BCUT2D eigenvalue weighted by Gasteiger charge is -2.13. The highest BCUT2D eigenvalue weighted by atomic mass is 32.1. The van der Waals surface area contributed by atoms with Crippen LogP contribution in [0.3, 0.4) is 0 Å². The summed E-state index contributed by atoms with van der Waals surface area (Å²) in [6.07, 6.45) is 12.2. The molecule has 5 rings (SSSR count). The SMILES string of the molecule is c1cncc(-c2nc(NCCn3cccn3)c3c4c(sc3n2)CCCC4)c1. The van der Waals surface area contributed by atoms with Crippen LogP contribution < -0.4 is 5.32 Å². The highest BCUT2D eigenvalue weighted by molar-refractivity contribution is 7.19. The average Bonchev–Trinajstić information content (AvgIpc) is 3.36. The Morgan fingerprint density at radius 1 is 1.11 bits per heavy atom. The molecule has 0 spiro atoms. The van der Waals surface area contributed by atoms with E-state index in [9.17, 15) is 0 Å². The number of nitrogens with zero attached hydrogens (tertiary/aromatic N) is 5. The van der Waals surface area contributed by atoms with E-state index < -0.39 is 0 Å². The molecule has 1 N–H and O–H groups in total. The molecule has 0 saturated carbocycles. The van der Waals surface area contributed by atoms with E-state index in [1.165, 1.54) is 28.7 Å². The summed E-state index contributed by atoms with van der Waals surface area (Å²) in [7, 11) is 0. The van der Waals surface area contributed by atoms with Gasteiger partial charge in [0.25, 0.3) is 0 Å². The molecular weight excluding hydrogens is 356 g/mol. The Balaban J connectivity index is 1.55. The van der Waals surface area contributed by atoms with Gasteiger partial charge in [0.2, 0.25) is 0 Å². The Kier molecular flexibility index (Phi) is 4.29. The van der Waals surface area contributed by atoms with Crippen LogP contribution in [0.15, 0.2) is 43.0 Å².